The molecule has 1 aromatic heterocycles. The zero-order valence-corrected chi connectivity index (χ0v) is 13.8. The van der Waals surface area contributed by atoms with Crippen molar-refractivity contribution < 1.29 is 14.0 Å². The Labute approximate surface area is 136 Å². The van der Waals surface area contributed by atoms with Gasteiger partial charge in [-0.05, 0) is 18.1 Å². The van der Waals surface area contributed by atoms with Gasteiger partial charge in [-0.2, -0.15) is 0 Å². The van der Waals surface area contributed by atoms with Gasteiger partial charge in [0.15, 0.2) is 5.76 Å². The first-order valence-electron chi connectivity index (χ1n) is 8.13. The van der Waals surface area contributed by atoms with Crippen molar-refractivity contribution >= 4 is 11.8 Å². The van der Waals surface area contributed by atoms with Gasteiger partial charge in [0.2, 0.25) is 5.91 Å². The Morgan fingerprint density at radius 1 is 1.35 bits per heavy atom. The van der Waals surface area contributed by atoms with Crippen molar-refractivity contribution in [3.63, 3.8) is 0 Å². The molecule has 128 valence electrons. The molecule has 2 rings (SSSR count). The molecule has 1 atom stereocenters. The molecule has 0 aromatic carbocycles. The van der Waals surface area contributed by atoms with E-state index in [0.29, 0.717) is 6.54 Å². The molecule has 2 amide bonds. The maximum absolute atomic E-state index is 12.3. The van der Waals surface area contributed by atoms with Crippen LogP contribution in [0.15, 0.2) is 22.8 Å². The molecule has 23 heavy (non-hydrogen) atoms. The number of furan rings is 1. The summed E-state index contributed by atoms with van der Waals surface area (Å²) in [4.78, 5) is 26.7. The lowest BCUT2D eigenvalue weighted by Crippen LogP contribution is -2.51. The molecule has 1 aromatic rings. The van der Waals surface area contributed by atoms with Crippen LogP contribution in [0.4, 0.5) is 0 Å². The number of piperazine rings is 1. The summed E-state index contributed by atoms with van der Waals surface area (Å²) in [7, 11) is 0. The average Bonchev–Trinajstić information content (AvgIpc) is 3.07. The van der Waals surface area contributed by atoms with E-state index in [2.05, 4.69) is 20.9 Å². The van der Waals surface area contributed by atoms with Crippen LogP contribution in [0.5, 0.6) is 0 Å². The zero-order chi connectivity index (χ0) is 16.7. The third-order valence-electron chi connectivity index (χ3n) is 3.92. The van der Waals surface area contributed by atoms with E-state index >= 15 is 0 Å². The Hall–Kier alpha value is -1.86. The molecule has 1 unspecified atom stereocenters. The van der Waals surface area contributed by atoms with E-state index in [4.69, 9.17) is 4.42 Å². The Balaban J connectivity index is 1.79. The standard InChI is InChI=1S/C16H26N4O3/c1-12(2)14(19-15(21)13-4-3-11-23-13)16(22)18-7-10-20-8-5-17-6-9-20/h3-4,11-12,14,17H,5-10H2,1-2H3,(H,18,22)(H,19,21). The normalized spacial score (nSPS) is 17.0. The van der Waals surface area contributed by atoms with Crippen molar-refractivity contribution in [3.05, 3.63) is 24.2 Å². The first-order valence-corrected chi connectivity index (χ1v) is 8.13. The van der Waals surface area contributed by atoms with Gasteiger partial charge in [0, 0.05) is 39.3 Å². The predicted octanol–water partition coefficient (Wildman–Crippen LogP) is 0.0554. The van der Waals surface area contributed by atoms with Crippen LogP contribution in [-0.4, -0.2) is 62.0 Å². The van der Waals surface area contributed by atoms with Crippen molar-refractivity contribution in [2.45, 2.75) is 19.9 Å². The van der Waals surface area contributed by atoms with Gasteiger partial charge in [0.05, 0.1) is 6.26 Å². The molecule has 0 radical (unpaired) electrons. The predicted molar refractivity (Wildman–Crippen MR) is 87.1 cm³/mol. The van der Waals surface area contributed by atoms with E-state index in [1.807, 2.05) is 13.8 Å². The quantitative estimate of drug-likeness (QED) is 0.661. The van der Waals surface area contributed by atoms with Gasteiger partial charge in [0.1, 0.15) is 6.04 Å². The smallest absolute Gasteiger partial charge is 0.287 e. The van der Waals surface area contributed by atoms with Crippen LogP contribution in [0.1, 0.15) is 24.4 Å². The topological polar surface area (TPSA) is 86.6 Å². The molecule has 0 bridgehead atoms. The number of nitrogens with one attached hydrogen (secondary N) is 3. The van der Waals surface area contributed by atoms with Crippen LogP contribution in [0, 0.1) is 5.92 Å². The van der Waals surface area contributed by atoms with Gasteiger partial charge >= 0.3 is 0 Å². The largest absolute Gasteiger partial charge is 0.459 e. The molecule has 1 aliphatic heterocycles. The molecule has 0 aliphatic carbocycles. The second kappa shape index (κ2) is 8.69. The molecule has 0 saturated carbocycles. The Kier molecular flexibility index (Phi) is 6.61. The second-order valence-electron chi connectivity index (χ2n) is 6.06. The first-order chi connectivity index (χ1) is 11.1. The lowest BCUT2D eigenvalue weighted by atomic mass is 10.0. The third kappa shape index (κ3) is 5.37. The Bertz CT molecular complexity index is 495. The van der Waals surface area contributed by atoms with Gasteiger partial charge in [-0.3, -0.25) is 14.5 Å². The molecule has 7 nitrogen and oxygen atoms in total. The minimum Gasteiger partial charge on any atom is -0.459 e. The molecule has 1 saturated heterocycles. The zero-order valence-electron chi connectivity index (χ0n) is 13.8. The fourth-order valence-corrected chi connectivity index (χ4v) is 2.54. The van der Waals surface area contributed by atoms with Crippen LogP contribution in [0.25, 0.3) is 0 Å². The van der Waals surface area contributed by atoms with Crippen LogP contribution < -0.4 is 16.0 Å². The second-order valence-corrected chi connectivity index (χ2v) is 6.06. The monoisotopic (exact) mass is 322 g/mol. The lowest BCUT2D eigenvalue weighted by molar-refractivity contribution is -0.124. The minimum absolute atomic E-state index is 0.00639. The van der Waals surface area contributed by atoms with E-state index in [1.165, 1.54) is 6.26 Å². The summed E-state index contributed by atoms with van der Waals surface area (Å²) in [6, 6.07) is 2.65. The minimum atomic E-state index is -0.573. The molecule has 7 heteroatoms. The summed E-state index contributed by atoms with van der Waals surface area (Å²) < 4.78 is 5.06. The number of carbonyl (C=O) groups excluding carboxylic acids is 2. The fraction of sp³-hybridized carbons (Fsp3) is 0.625. The highest BCUT2D eigenvalue weighted by Gasteiger charge is 2.25. The van der Waals surface area contributed by atoms with E-state index in [9.17, 15) is 9.59 Å². The maximum Gasteiger partial charge on any atom is 0.287 e. The fourth-order valence-electron chi connectivity index (χ4n) is 2.54. The van der Waals surface area contributed by atoms with Crippen LogP contribution >= 0.6 is 0 Å². The molecule has 1 aliphatic rings. The van der Waals surface area contributed by atoms with Gasteiger partial charge in [0.25, 0.3) is 5.91 Å². The van der Waals surface area contributed by atoms with Crippen molar-refractivity contribution in [1.29, 1.82) is 0 Å². The van der Waals surface area contributed by atoms with E-state index in [0.717, 1.165) is 32.7 Å². The van der Waals surface area contributed by atoms with Gasteiger partial charge in [-0.25, -0.2) is 0 Å². The Morgan fingerprint density at radius 2 is 2.09 bits per heavy atom. The van der Waals surface area contributed by atoms with Gasteiger partial charge < -0.3 is 20.4 Å². The number of rotatable bonds is 7. The average molecular weight is 322 g/mol. The summed E-state index contributed by atoms with van der Waals surface area (Å²) in [6.07, 6.45) is 1.44. The molecule has 1 fully saturated rings. The third-order valence-corrected chi connectivity index (χ3v) is 3.92. The number of nitrogens with zero attached hydrogens (tertiary/aromatic N) is 1. The van der Waals surface area contributed by atoms with E-state index in [1.54, 1.807) is 12.1 Å². The van der Waals surface area contributed by atoms with Gasteiger partial charge in [-0.1, -0.05) is 13.8 Å². The molecular formula is C16H26N4O3. The van der Waals surface area contributed by atoms with Crippen molar-refractivity contribution in [2.24, 2.45) is 5.92 Å². The number of amides is 2. The highest BCUT2D eigenvalue weighted by molar-refractivity contribution is 5.95. The van der Waals surface area contributed by atoms with Crippen molar-refractivity contribution in [3.8, 4) is 0 Å². The Morgan fingerprint density at radius 3 is 2.70 bits per heavy atom. The maximum atomic E-state index is 12.3. The van der Waals surface area contributed by atoms with Crippen LogP contribution in [-0.2, 0) is 4.79 Å². The van der Waals surface area contributed by atoms with E-state index in [-0.39, 0.29) is 23.5 Å². The molecular weight excluding hydrogens is 296 g/mol. The van der Waals surface area contributed by atoms with Gasteiger partial charge in [-0.15, -0.1) is 0 Å². The highest BCUT2D eigenvalue weighted by atomic mass is 16.3. The summed E-state index contributed by atoms with van der Waals surface area (Å²) in [5.74, 6) is -0.321. The van der Waals surface area contributed by atoms with E-state index < -0.39 is 6.04 Å². The SMILES string of the molecule is CC(C)C(NC(=O)c1ccco1)C(=O)NCCN1CCNCC1. The summed E-state index contributed by atoms with van der Waals surface area (Å²) in [5.41, 5.74) is 0. The molecule has 2 heterocycles. The summed E-state index contributed by atoms with van der Waals surface area (Å²) >= 11 is 0. The van der Waals surface area contributed by atoms with Crippen LogP contribution in [0.3, 0.4) is 0 Å². The lowest BCUT2D eigenvalue weighted by Gasteiger charge is -2.27. The van der Waals surface area contributed by atoms with Crippen LogP contribution in [0.2, 0.25) is 0 Å². The van der Waals surface area contributed by atoms with Crippen molar-refractivity contribution in [2.75, 3.05) is 39.3 Å². The summed E-state index contributed by atoms with van der Waals surface area (Å²) in [5, 5.41) is 8.95. The number of hydrogen-bond donors (Lipinski definition) is 3. The number of hydrogen-bond acceptors (Lipinski definition) is 5. The molecule has 3 N–H and O–H groups in total. The molecule has 0 spiro atoms. The highest BCUT2D eigenvalue weighted by Crippen LogP contribution is 2.05. The number of carbonyl (C=O) groups is 2. The summed E-state index contributed by atoms with van der Waals surface area (Å²) in [6.45, 7) is 9.19. The first kappa shape index (κ1) is 17.5. The van der Waals surface area contributed by atoms with Crippen molar-refractivity contribution in [1.82, 2.24) is 20.9 Å².